The molecule has 0 N–H and O–H groups in total. The number of hydrogen-bond donors (Lipinski definition) is 0. The molecule has 0 bridgehead atoms. The van der Waals surface area contributed by atoms with Gasteiger partial charge in [0.05, 0.1) is 0 Å². The van der Waals surface area contributed by atoms with Gasteiger partial charge in [0.25, 0.3) is 0 Å². The van der Waals surface area contributed by atoms with Crippen LogP contribution in [0.4, 0.5) is 0 Å². The molecule has 0 amide bonds. The van der Waals surface area contributed by atoms with E-state index in [4.69, 9.17) is 0 Å². The van der Waals surface area contributed by atoms with Crippen molar-refractivity contribution in [1.29, 1.82) is 0 Å². The molecule has 0 aromatic heterocycles. The van der Waals surface area contributed by atoms with Gasteiger partial charge in [-0.05, 0) is 56.1 Å². The van der Waals surface area contributed by atoms with E-state index in [-0.39, 0.29) is 40.7 Å². The third-order valence-corrected chi connectivity index (χ3v) is 3.82. The zero-order chi connectivity index (χ0) is 12.5. The molecule has 0 radical (unpaired) electrons. The Morgan fingerprint density at radius 3 is 1.85 bits per heavy atom. The molecule has 1 heteroatoms. The van der Waals surface area contributed by atoms with Gasteiger partial charge in [0, 0.05) is 25.8 Å². The van der Waals surface area contributed by atoms with Crippen molar-refractivity contribution in [1.82, 2.24) is 0 Å². The van der Waals surface area contributed by atoms with Crippen molar-refractivity contribution in [2.75, 3.05) is 0 Å². The molecule has 0 fully saturated rings. The minimum absolute atomic E-state index is 0. The van der Waals surface area contributed by atoms with Crippen LogP contribution in [-0.4, -0.2) is 0 Å². The Morgan fingerprint density at radius 2 is 1.30 bits per heavy atom. The standard InChI is InChI=1S/C17H30.2CH3.Hf/c1-4-7-10-15-13-14-16(11-8-5-2)17(15)12-9-6-3;;;/h13H,4-12,14H2,1-3H3;2*1H3;/q;2*-1;. The van der Waals surface area contributed by atoms with Gasteiger partial charge in [-0.25, -0.2) is 0 Å². The molecule has 0 spiro atoms. The van der Waals surface area contributed by atoms with Crippen LogP contribution in [0.3, 0.4) is 0 Å². The fourth-order valence-electron chi connectivity index (χ4n) is 2.67. The first-order valence-corrected chi connectivity index (χ1v) is 7.73. The first kappa shape index (κ1) is 25.3. The fourth-order valence-corrected chi connectivity index (χ4v) is 2.67. The molecule has 20 heavy (non-hydrogen) atoms. The molecule has 0 nitrogen and oxygen atoms in total. The summed E-state index contributed by atoms with van der Waals surface area (Å²) < 4.78 is 0. The topological polar surface area (TPSA) is 0 Å². The summed E-state index contributed by atoms with van der Waals surface area (Å²) in [5.74, 6) is 0. The Bertz CT molecular complexity index is 273. The summed E-state index contributed by atoms with van der Waals surface area (Å²) in [7, 11) is 0. The summed E-state index contributed by atoms with van der Waals surface area (Å²) in [6.07, 6.45) is 15.9. The number of hydrogen-bond acceptors (Lipinski definition) is 0. The van der Waals surface area contributed by atoms with Crippen LogP contribution in [0.25, 0.3) is 0 Å². The molecule has 118 valence electrons. The fraction of sp³-hybridized carbons (Fsp3) is 0.684. The number of allylic oxidation sites excluding steroid dienone is 4. The van der Waals surface area contributed by atoms with E-state index >= 15 is 0 Å². The molecule has 0 aliphatic heterocycles. The van der Waals surface area contributed by atoms with Gasteiger partial charge in [0.1, 0.15) is 0 Å². The molecular formula is C19H36Hf-2. The third kappa shape index (κ3) is 8.60. The normalized spacial score (nSPS) is 13.2. The van der Waals surface area contributed by atoms with Crippen molar-refractivity contribution in [3.05, 3.63) is 37.6 Å². The zero-order valence-corrected chi connectivity index (χ0v) is 18.2. The molecule has 1 rings (SSSR count). The molecule has 0 saturated carbocycles. The first-order valence-electron chi connectivity index (χ1n) is 7.73. The van der Waals surface area contributed by atoms with Gasteiger partial charge in [-0.1, -0.05) is 51.7 Å². The summed E-state index contributed by atoms with van der Waals surface area (Å²) in [5.41, 5.74) is 5.23. The second kappa shape index (κ2) is 15.7. The summed E-state index contributed by atoms with van der Waals surface area (Å²) in [5, 5.41) is 0. The van der Waals surface area contributed by atoms with Crippen LogP contribution in [0, 0.1) is 14.9 Å². The van der Waals surface area contributed by atoms with Gasteiger partial charge in [0.15, 0.2) is 0 Å². The van der Waals surface area contributed by atoms with Crippen molar-refractivity contribution in [2.45, 2.75) is 85.0 Å². The van der Waals surface area contributed by atoms with Gasteiger partial charge in [-0.3, -0.25) is 0 Å². The van der Waals surface area contributed by atoms with Gasteiger partial charge >= 0.3 is 0 Å². The molecule has 0 unspecified atom stereocenters. The number of unbranched alkanes of at least 4 members (excludes halogenated alkanes) is 3. The smallest absolute Gasteiger partial charge is 0 e. The Hall–Kier alpha value is 0.350. The zero-order valence-electron chi connectivity index (χ0n) is 14.6. The van der Waals surface area contributed by atoms with Crippen LogP contribution in [0.15, 0.2) is 22.8 Å². The average Bonchev–Trinajstić information content (AvgIpc) is 2.73. The Kier molecular flexibility index (Phi) is 19.9. The van der Waals surface area contributed by atoms with Crippen LogP contribution < -0.4 is 0 Å². The maximum absolute atomic E-state index is 2.52. The summed E-state index contributed by atoms with van der Waals surface area (Å²) in [4.78, 5) is 0. The van der Waals surface area contributed by atoms with E-state index in [0.29, 0.717) is 0 Å². The SMILES string of the molecule is CCCCC1=CCC(CCCC)=C1CCCC.[CH3-].[CH3-].[Hf]. The largest absolute Gasteiger partial charge is 0.358 e. The van der Waals surface area contributed by atoms with E-state index in [1.54, 1.807) is 16.7 Å². The Morgan fingerprint density at radius 1 is 0.800 bits per heavy atom. The van der Waals surface area contributed by atoms with Crippen LogP contribution in [0.1, 0.15) is 85.0 Å². The quantitative estimate of drug-likeness (QED) is 0.264. The maximum atomic E-state index is 2.52. The third-order valence-electron chi connectivity index (χ3n) is 3.82. The van der Waals surface area contributed by atoms with Crippen LogP contribution in [-0.2, 0) is 25.8 Å². The monoisotopic (exact) mass is 444 g/mol. The molecular weight excluding hydrogens is 407 g/mol. The summed E-state index contributed by atoms with van der Waals surface area (Å²) >= 11 is 0. The molecule has 0 aromatic carbocycles. The predicted molar refractivity (Wildman–Crippen MR) is 91.1 cm³/mol. The van der Waals surface area contributed by atoms with Crippen LogP contribution in [0.2, 0.25) is 0 Å². The van der Waals surface area contributed by atoms with Crippen molar-refractivity contribution >= 4 is 0 Å². The second-order valence-electron chi connectivity index (χ2n) is 5.33. The molecule has 1 aliphatic carbocycles. The van der Waals surface area contributed by atoms with Crippen LogP contribution in [0.5, 0.6) is 0 Å². The van der Waals surface area contributed by atoms with Crippen molar-refractivity contribution in [3.8, 4) is 0 Å². The molecule has 0 saturated heterocycles. The van der Waals surface area contributed by atoms with Gasteiger partial charge in [-0.2, -0.15) is 0 Å². The van der Waals surface area contributed by atoms with Crippen LogP contribution >= 0.6 is 0 Å². The summed E-state index contributed by atoms with van der Waals surface area (Å²) in [6, 6.07) is 0. The van der Waals surface area contributed by atoms with Gasteiger partial charge in [0.2, 0.25) is 0 Å². The molecule has 0 atom stereocenters. The summed E-state index contributed by atoms with van der Waals surface area (Å²) in [6.45, 7) is 6.90. The van der Waals surface area contributed by atoms with Gasteiger partial charge in [-0.15, -0.1) is 0 Å². The average molecular weight is 443 g/mol. The minimum Gasteiger partial charge on any atom is -0.358 e. The molecule has 0 heterocycles. The first-order chi connectivity index (χ1) is 8.33. The molecule has 0 aromatic rings. The maximum Gasteiger partial charge on any atom is 0 e. The molecule has 1 aliphatic rings. The Balaban J connectivity index is -0.000000963. The number of rotatable bonds is 9. The minimum atomic E-state index is 0. The van der Waals surface area contributed by atoms with E-state index in [1.807, 2.05) is 0 Å². The van der Waals surface area contributed by atoms with Crippen molar-refractivity contribution in [3.63, 3.8) is 0 Å². The van der Waals surface area contributed by atoms with E-state index in [0.717, 1.165) is 0 Å². The van der Waals surface area contributed by atoms with Gasteiger partial charge < -0.3 is 14.9 Å². The van der Waals surface area contributed by atoms with E-state index in [9.17, 15) is 0 Å². The Labute approximate surface area is 148 Å². The predicted octanol–water partition coefficient (Wildman–Crippen LogP) is 7.08. The van der Waals surface area contributed by atoms with Crippen molar-refractivity contribution in [2.24, 2.45) is 0 Å². The second-order valence-corrected chi connectivity index (χ2v) is 5.33. The van der Waals surface area contributed by atoms with Crippen molar-refractivity contribution < 1.29 is 25.8 Å². The van der Waals surface area contributed by atoms with E-state index in [1.165, 1.54) is 64.2 Å². The van der Waals surface area contributed by atoms with E-state index in [2.05, 4.69) is 26.8 Å². The van der Waals surface area contributed by atoms with E-state index < -0.39 is 0 Å².